The highest BCUT2D eigenvalue weighted by Crippen LogP contribution is 2.22. The zero-order valence-corrected chi connectivity index (χ0v) is 10.6. The molecule has 3 nitrogen and oxygen atoms in total. The van der Waals surface area contributed by atoms with Gasteiger partial charge in [-0.05, 0) is 30.2 Å². The fourth-order valence-electron chi connectivity index (χ4n) is 1.92. The molecule has 2 rings (SSSR count). The number of amides is 2. The fourth-order valence-corrected chi connectivity index (χ4v) is 1.92. The second kappa shape index (κ2) is 5.52. The Balaban J connectivity index is 2.37. The highest BCUT2D eigenvalue weighted by Gasteiger charge is 2.15. The number of urea groups is 1. The summed E-state index contributed by atoms with van der Waals surface area (Å²) in [4.78, 5) is 11.1. The van der Waals surface area contributed by atoms with Crippen LogP contribution in [0.4, 0.5) is 9.18 Å². The Labute approximate surface area is 111 Å². The summed E-state index contributed by atoms with van der Waals surface area (Å²) < 4.78 is 13.0. The number of carbonyl (C=O) groups is 1. The monoisotopic (exact) mass is 258 g/mol. The van der Waals surface area contributed by atoms with Gasteiger partial charge in [-0.3, -0.25) is 0 Å². The predicted molar refractivity (Wildman–Crippen MR) is 72.1 cm³/mol. The molecule has 0 aliphatic heterocycles. The summed E-state index contributed by atoms with van der Waals surface area (Å²) in [5, 5.41) is 2.67. The SMILES string of the molecule is Cc1ccc([C@@H](NC(N)=O)c2ccc(F)cc2)cc1. The smallest absolute Gasteiger partial charge is 0.312 e. The van der Waals surface area contributed by atoms with E-state index in [0.717, 1.165) is 16.7 Å². The third-order valence-electron chi connectivity index (χ3n) is 2.90. The number of nitrogens with one attached hydrogen (secondary N) is 1. The summed E-state index contributed by atoms with van der Waals surface area (Å²) in [6.07, 6.45) is 0. The maximum atomic E-state index is 13.0. The zero-order chi connectivity index (χ0) is 13.8. The average Bonchev–Trinajstić information content (AvgIpc) is 2.38. The Kier molecular flexibility index (Phi) is 3.80. The quantitative estimate of drug-likeness (QED) is 0.873. The summed E-state index contributed by atoms with van der Waals surface area (Å²) in [5.41, 5.74) is 8.01. The van der Waals surface area contributed by atoms with Gasteiger partial charge in [-0.1, -0.05) is 42.0 Å². The normalized spacial score (nSPS) is 11.9. The van der Waals surface area contributed by atoms with Gasteiger partial charge in [-0.25, -0.2) is 9.18 Å². The summed E-state index contributed by atoms with van der Waals surface area (Å²) in [6.45, 7) is 1.98. The molecule has 0 bridgehead atoms. The number of hydrogen-bond donors (Lipinski definition) is 2. The lowest BCUT2D eigenvalue weighted by atomic mass is 9.98. The second-order valence-electron chi connectivity index (χ2n) is 4.40. The molecule has 2 aromatic rings. The van der Waals surface area contributed by atoms with E-state index in [4.69, 9.17) is 5.73 Å². The van der Waals surface area contributed by atoms with Crippen molar-refractivity contribution in [1.82, 2.24) is 5.32 Å². The number of nitrogens with two attached hydrogens (primary N) is 1. The molecule has 0 radical (unpaired) electrons. The van der Waals surface area contributed by atoms with Gasteiger partial charge in [0.2, 0.25) is 0 Å². The molecule has 0 aliphatic carbocycles. The second-order valence-corrected chi connectivity index (χ2v) is 4.40. The van der Waals surface area contributed by atoms with Crippen molar-refractivity contribution in [1.29, 1.82) is 0 Å². The molecule has 0 spiro atoms. The third kappa shape index (κ3) is 3.31. The minimum atomic E-state index is -0.616. The van der Waals surface area contributed by atoms with Crippen molar-refractivity contribution in [2.45, 2.75) is 13.0 Å². The van der Waals surface area contributed by atoms with E-state index in [2.05, 4.69) is 5.32 Å². The molecular formula is C15H15FN2O. The molecule has 4 heteroatoms. The van der Waals surface area contributed by atoms with Gasteiger partial charge in [0.15, 0.2) is 0 Å². The molecule has 98 valence electrons. The van der Waals surface area contributed by atoms with Crippen LogP contribution in [0.5, 0.6) is 0 Å². The summed E-state index contributed by atoms with van der Waals surface area (Å²) >= 11 is 0. The maximum absolute atomic E-state index is 13.0. The standard InChI is InChI=1S/C15H15FN2O/c1-10-2-4-11(5-3-10)14(18-15(17)19)12-6-8-13(16)9-7-12/h2-9,14H,1H3,(H3,17,18,19)/t14-/m1/s1. The van der Waals surface area contributed by atoms with E-state index in [1.54, 1.807) is 12.1 Å². The number of primary amides is 1. The lowest BCUT2D eigenvalue weighted by Gasteiger charge is -2.18. The van der Waals surface area contributed by atoms with Crippen LogP contribution in [0.25, 0.3) is 0 Å². The molecule has 1 atom stereocenters. The minimum Gasteiger partial charge on any atom is -0.352 e. The van der Waals surface area contributed by atoms with Gasteiger partial charge < -0.3 is 11.1 Å². The molecule has 0 aliphatic rings. The number of benzene rings is 2. The number of rotatable bonds is 3. The Bertz CT molecular complexity index is 518. The third-order valence-corrected chi connectivity index (χ3v) is 2.90. The topological polar surface area (TPSA) is 55.1 Å². The predicted octanol–water partition coefficient (Wildman–Crippen LogP) is 2.89. The molecule has 19 heavy (non-hydrogen) atoms. The summed E-state index contributed by atoms with van der Waals surface area (Å²) in [6, 6.07) is 12.7. The van der Waals surface area contributed by atoms with Crippen LogP contribution < -0.4 is 11.1 Å². The van der Waals surface area contributed by atoms with Crippen molar-refractivity contribution in [2.75, 3.05) is 0 Å². The largest absolute Gasteiger partial charge is 0.352 e. The highest BCUT2D eigenvalue weighted by molar-refractivity contribution is 5.72. The highest BCUT2D eigenvalue weighted by atomic mass is 19.1. The van der Waals surface area contributed by atoms with Gasteiger partial charge in [-0.2, -0.15) is 0 Å². The van der Waals surface area contributed by atoms with Crippen LogP contribution in [0.3, 0.4) is 0 Å². The zero-order valence-electron chi connectivity index (χ0n) is 10.6. The molecule has 2 amide bonds. The van der Waals surface area contributed by atoms with Crippen LogP contribution in [0.1, 0.15) is 22.7 Å². The first-order valence-electron chi connectivity index (χ1n) is 5.94. The van der Waals surface area contributed by atoms with E-state index >= 15 is 0 Å². The number of halogens is 1. The van der Waals surface area contributed by atoms with E-state index in [-0.39, 0.29) is 11.9 Å². The van der Waals surface area contributed by atoms with Crippen molar-refractivity contribution < 1.29 is 9.18 Å². The molecule has 0 unspecified atom stereocenters. The Morgan fingerprint density at radius 2 is 1.53 bits per heavy atom. The van der Waals surface area contributed by atoms with Crippen LogP contribution in [0.2, 0.25) is 0 Å². The van der Waals surface area contributed by atoms with E-state index in [9.17, 15) is 9.18 Å². The summed E-state index contributed by atoms with van der Waals surface area (Å²) in [7, 11) is 0. The van der Waals surface area contributed by atoms with E-state index in [1.165, 1.54) is 12.1 Å². The molecule has 0 saturated carbocycles. The molecule has 0 heterocycles. The Morgan fingerprint density at radius 1 is 1.05 bits per heavy atom. The number of hydrogen-bond acceptors (Lipinski definition) is 1. The van der Waals surface area contributed by atoms with E-state index in [1.807, 2.05) is 31.2 Å². The van der Waals surface area contributed by atoms with Crippen LogP contribution in [-0.4, -0.2) is 6.03 Å². The molecule has 0 saturated heterocycles. The van der Waals surface area contributed by atoms with E-state index in [0.29, 0.717) is 0 Å². The minimum absolute atomic E-state index is 0.314. The van der Waals surface area contributed by atoms with Gasteiger partial charge in [0.05, 0.1) is 6.04 Å². The first-order chi connectivity index (χ1) is 9.06. The molecule has 2 aromatic carbocycles. The first kappa shape index (κ1) is 13.1. The fraction of sp³-hybridized carbons (Fsp3) is 0.133. The van der Waals surface area contributed by atoms with Crippen LogP contribution >= 0.6 is 0 Å². The van der Waals surface area contributed by atoms with Crippen LogP contribution in [0.15, 0.2) is 48.5 Å². The number of aryl methyl sites for hydroxylation is 1. The van der Waals surface area contributed by atoms with Crippen LogP contribution in [0, 0.1) is 12.7 Å². The first-order valence-corrected chi connectivity index (χ1v) is 5.94. The van der Waals surface area contributed by atoms with Crippen molar-refractivity contribution in [3.63, 3.8) is 0 Å². The molecule has 0 fully saturated rings. The summed E-state index contributed by atoms with van der Waals surface area (Å²) in [5.74, 6) is -0.314. The number of carbonyl (C=O) groups excluding carboxylic acids is 1. The van der Waals surface area contributed by atoms with E-state index < -0.39 is 6.03 Å². The van der Waals surface area contributed by atoms with Gasteiger partial charge in [-0.15, -0.1) is 0 Å². The lowest BCUT2D eigenvalue weighted by Crippen LogP contribution is -2.33. The van der Waals surface area contributed by atoms with Gasteiger partial charge >= 0.3 is 6.03 Å². The molecule has 0 aromatic heterocycles. The molecule has 3 N–H and O–H groups in total. The van der Waals surface area contributed by atoms with Crippen molar-refractivity contribution in [2.24, 2.45) is 5.73 Å². The van der Waals surface area contributed by atoms with Crippen molar-refractivity contribution >= 4 is 6.03 Å². The van der Waals surface area contributed by atoms with Crippen molar-refractivity contribution in [3.05, 3.63) is 71.0 Å². The average molecular weight is 258 g/mol. The lowest BCUT2D eigenvalue weighted by molar-refractivity contribution is 0.247. The van der Waals surface area contributed by atoms with Gasteiger partial charge in [0, 0.05) is 0 Å². The Morgan fingerprint density at radius 3 is 2.00 bits per heavy atom. The molecular weight excluding hydrogens is 243 g/mol. The van der Waals surface area contributed by atoms with Gasteiger partial charge in [0.25, 0.3) is 0 Å². The maximum Gasteiger partial charge on any atom is 0.312 e. The van der Waals surface area contributed by atoms with Crippen LogP contribution in [-0.2, 0) is 0 Å². The Hall–Kier alpha value is -2.36. The van der Waals surface area contributed by atoms with Gasteiger partial charge in [0.1, 0.15) is 5.82 Å². The van der Waals surface area contributed by atoms with Crippen molar-refractivity contribution in [3.8, 4) is 0 Å².